The van der Waals surface area contributed by atoms with Crippen molar-refractivity contribution in [2.45, 2.75) is 22.4 Å². The molecule has 0 aliphatic carbocycles. The van der Waals surface area contributed by atoms with E-state index in [1.165, 1.54) is 18.0 Å². The van der Waals surface area contributed by atoms with Crippen molar-refractivity contribution in [2.75, 3.05) is 0 Å². The first-order valence-electron chi connectivity index (χ1n) is 8.98. The Morgan fingerprint density at radius 3 is 2.63 bits per heavy atom. The van der Waals surface area contributed by atoms with Crippen LogP contribution >= 0.6 is 11.8 Å². The molecule has 1 atom stereocenters. The quantitative estimate of drug-likeness (QED) is 0.502. The average molecular weight is 423 g/mol. The van der Waals surface area contributed by atoms with Crippen LogP contribution in [0.3, 0.4) is 0 Å². The molecule has 8 nitrogen and oxygen atoms in total. The molecule has 2 heterocycles. The second kappa shape index (κ2) is 8.34. The number of primary amides is 1. The topological polar surface area (TPSA) is 124 Å². The predicted octanol–water partition coefficient (Wildman–Crippen LogP) is 2.99. The van der Waals surface area contributed by atoms with Crippen LogP contribution in [0.4, 0.5) is 4.79 Å². The van der Waals surface area contributed by atoms with E-state index in [1.807, 2.05) is 30.3 Å². The summed E-state index contributed by atoms with van der Waals surface area (Å²) in [6, 6.07) is 14.7. The van der Waals surface area contributed by atoms with Crippen molar-refractivity contribution in [1.29, 1.82) is 0 Å². The molecule has 4 N–H and O–H groups in total. The molecule has 9 heteroatoms. The number of carbonyl (C=O) groups excluding carboxylic acids is 3. The highest BCUT2D eigenvalue weighted by Gasteiger charge is 2.35. The minimum atomic E-state index is -0.839. The van der Waals surface area contributed by atoms with Gasteiger partial charge in [0, 0.05) is 10.5 Å². The van der Waals surface area contributed by atoms with E-state index in [-0.39, 0.29) is 0 Å². The van der Waals surface area contributed by atoms with Gasteiger partial charge in [-0.25, -0.2) is 4.79 Å². The molecule has 1 fully saturated rings. The van der Waals surface area contributed by atoms with Gasteiger partial charge in [-0.1, -0.05) is 23.9 Å². The van der Waals surface area contributed by atoms with Gasteiger partial charge in [-0.15, -0.1) is 0 Å². The molecule has 0 spiro atoms. The molecule has 0 saturated carbocycles. The summed E-state index contributed by atoms with van der Waals surface area (Å²) in [4.78, 5) is 36.1. The Hall–Kier alpha value is -3.72. The molecular formula is C21H17N3O5S. The second-order valence-electron chi connectivity index (χ2n) is 6.47. The van der Waals surface area contributed by atoms with Gasteiger partial charge >= 0.3 is 6.03 Å². The molecule has 0 bridgehead atoms. The first-order chi connectivity index (χ1) is 14.5. The number of hydrogen-bond donors (Lipinski definition) is 3. The fraction of sp³-hybridized carbons (Fsp3) is 0.0952. The van der Waals surface area contributed by atoms with Gasteiger partial charge in [0.25, 0.3) is 5.91 Å². The number of amides is 4. The zero-order valence-electron chi connectivity index (χ0n) is 15.6. The molecule has 2 aromatic carbocycles. The Bertz CT molecular complexity index is 1110. The lowest BCUT2D eigenvalue weighted by atomic mass is 10.1. The minimum Gasteiger partial charge on any atom is -0.489 e. The lowest BCUT2D eigenvalue weighted by Crippen LogP contribution is -2.22. The van der Waals surface area contributed by atoms with E-state index in [1.54, 1.807) is 24.3 Å². The maximum absolute atomic E-state index is 11.9. The van der Waals surface area contributed by atoms with Gasteiger partial charge in [-0.05, 0) is 48.0 Å². The standard InChI is InChI=1S/C21H17N3O5S/c22-19(25)13-3-1-2-12(10-13)11-29-14-4-6-15(7-5-14)30-16-8-9-28-18(16)17-20(26)24-21(27)23-17/h1-10,17H,11H2,(H2,22,25)(H2,23,24,26,27). The SMILES string of the molecule is NC(=O)c1cccc(COc2ccc(Sc3ccoc3C3NC(=O)NC3=O)cc2)c1. The van der Waals surface area contributed by atoms with E-state index < -0.39 is 23.9 Å². The van der Waals surface area contributed by atoms with Crippen molar-refractivity contribution >= 4 is 29.6 Å². The van der Waals surface area contributed by atoms with Crippen molar-refractivity contribution in [2.24, 2.45) is 5.73 Å². The summed E-state index contributed by atoms with van der Waals surface area (Å²) in [7, 11) is 0. The predicted molar refractivity (Wildman–Crippen MR) is 108 cm³/mol. The number of rotatable bonds is 7. The number of nitrogens with one attached hydrogen (secondary N) is 2. The van der Waals surface area contributed by atoms with Crippen molar-refractivity contribution in [3.63, 3.8) is 0 Å². The molecule has 1 aliphatic rings. The summed E-state index contributed by atoms with van der Waals surface area (Å²) >= 11 is 1.41. The maximum atomic E-state index is 11.9. The first kappa shape index (κ1) is 19.6. The van der Waals surface area contributed by atoms with E-state index in [4.69, 9.17) is 14.9 Å². The van der Waals surface area contributed by atoms with Crippen LogP contribution in [0.2, 0.25) is 0 Å². The number of carbonyl (C=O) groups is 3. The van der Waals surface area contributed by atoms with Crippen molar-refractivity contribution in [3.05, 3.63) is 77.7 Å². The summed E-state index contributed by atoms with van der Waals surface area (Å²) in [5.41, 5.74) is 6.57. The highest BCUT2D eigenvalue weighted by atomic mass is 32.2. The summed E-state index contributed by atoms with van der Waals surface area (Å²) in [6.45, 7) is 0.302. The number of benzene rings is 2. The fourth-order valence-electron chi connectivity index (χ4n) is 2.92. The Kier molecular flexibility index (Phi) is 5.44. The monoisotopic (exact) mass is 423 g/mol. The third-order valence-electron chi connectivity index (χ3n) is 4.36. The van der Waals surface area contributed by atoms with E-state index >= 15 is 0 Å². The van der Waals surface area contributed by atoms with E-state index in [9.17, 15) is 14.4 Å². The molecule has 152 valence electrons. The molecule has 3 aromatic rings. The normalized spacial score (nSPS) is 15.5. The molecule has 30 heavy (non-hydrogen) atoms. The largest absolute Gasteiger partial charge is 0.489 e. The van der Waals surface area contributed by atoms with Gasteiger partial charge in [-0.2, -0.15) is 0 Å². The Balaban J connectivity index is 1.40. The highest BCUT2D eigenvalue weighted by Crippen LogP contribution is 2.35. The third kappa shape index (κ3) is 4.31. The summed E-state index contributed by atoms with van der Waals surface area (Å²) < 4.78 is 11.2. The van der Waals surface area contributed by atoms with Crippen LogP contribution < -0.4 is 21.1 Å². The van der Waals surface area contributed by atoms with Gasteiger partial charge in [0.2, 0.25) is 5.91 Å². The van der Waals surface area contributed by atoms with Gasteiger partial charge < -0.3 is 20.2 Å². The zero-order chi connectivity index (χ0) is 21.1. The second-order valence-corrected chi connectivity index (χ2v) is 7.59. The number of ether oxygens (including phenoxy) is 1. The highest BCUT2D eigenvalue weighted by molar-refractivity contribution is 7.99. The maximum Gasteiger partial charge on any atom is 0.322 e. The first-order valence-corrected chi connectivity index (χ1v) is 9.79. The molecule has 4 rings (SSSR count). The Morgan fingerprint density at radius 1 is 1.13 bits per heavy atom. The molecule has 1 unspecified atom stereocenters. The van der Waals surface area contributed by atoms with Crippen molar-refractivity contribution in [3.8, 4) is 5.75 Å². The molecule has 4 amide bonds. The third-order valence-corrected chi connectivity index (χ3v) is 5.43. The van der Waals surface area contributed by atoms with Crippen LogP contribution in [0.5, 0.6) is 5.75 Å². The number of urea groups is 1. The van der Waals surface area contributed by atoms with E-state index in [2.05, 4.69) is 10.6 Å². The summed E-state index contributed by atoms with van der Waals surface area (Å²) in [5, 5.41) is 4.72. The van der Waals surface area contributed by atoms with Gasteiger partial charge in [-0.3, -0.25) is 14.9 Å². The minimum absolute atomic E-state index is 0.302. The fourth-order valence-corrected chi connectivity index (χ4v) is 3.83. The molecule has 0 radical (unpaired) electrons. The average Bonchev–Trinajstić information content (AvgIpc) is 3.32. The number of hydrogen-bond acceptors (Lipinski definition) is 6. The van der Waals surface area contributed by atoms with Crippen LogP contribution in [0.25, 0.3) is 0 Å². The van der Waals surface area contributed by atoms with Crippen molar-refractivity contribution in [1.82, 2.24) is 10.6 Å². The summed E-state index contributed by atoms with van der Waals surface area (Å²) in [6.07, 6.45) is 1.48. The van der Waals surface area contributed by atoms with Gasteiger partial charge in [0.1, 0.15) is 18.1 Å². The van der Waals surface area contributed by atoms with Gasteiger partial charge in [0.15, 0.2) is 6.04 Å². The molecule has 1 aromatic heterocycles. The lowest BCUT2D eigenvalue weighted by molar-refractivity contribution is -0.120. The zero-order valence-corrected chi connectivity index (χ0v) is 16.4. The van der Waals surface area contributed by atoms with Gasteiger partial charge in [0.05, 0.1) is 11.2 Å². The summed E-state index contributed by atoms with van der Waals surface area (Å²) in [5.74, 6) is 0.129. The Morgan fingerprint density at radius 2 is 1.93 bits per heavy atom. The van der Waals surface area contributed by atoms with Crippen LogP contribution in [-0.4, -0.2) is 17.8 Å². The smallest absolute Gasteiger partial charge is 0.322 e. The Labute approximate surface area is 175 Å². The molecule has 1 aliphatic heterocycles. The number of furan rings is 1. The number of nitrogens with two attached hydrogens (primary N) is 1. The van der Waals surface area contributed by atoms with E-state index in [0.717, 1.165) is 15.4 Å². The van der Waals surface area contributed by atoms with Crippen molar-refractivity contribution < 1.29 is 23.5 Å². The van der Waals surface area contributed by atoms with Crippen LogP contribution in [0.15, 0.2) is 75.1 Å². The lowest BCUT2D eigenvalue weighted by Gasteiger charge is -2.09. The van der Waals surface area contributed by atoms with Crippen LogP contribution in [-0.2, 0) is 11.4 Å². The van der Waals surface area contributed by atoms with E-state index in [0.29, 0.717) is 23.7 Å². The molecular weight excluding hydrogens is 406 g/mol. The van der Waals surface area contributed by atoms with Crippen LogP contribution in [0, 0.1) is 0 Å². The number of imide groups is 1. The molecule has 1 saturated heterocycles. The van der Waals surface area contributed by atoms with Crippen LogP contribution in [0.1, 0.15) is 27.7 Å².